The summed E-state index contributed by atoms with van der Waals surface area (Å²) in [6.07, 6.45) is -0.544. The van der Waals surface area contributed by atoms with Gasteiger partial charge in [-0.2, -0.15) is 9.50 Å². The minimum absolute atomic E-state index is 0.232. The van der Waals surface area contributed by atoms with Gasteiger partial charge in [-0.15, -0.1) is 5.10 Å². The first-order chi connectivity index (χ1) is 18.1. The van der Waals surface area contributed by atoms with Crippen molar-refractivity contribution in [2.45, 2.75) is 12.6 Å². The molecule has 2 aliphatic heterocycles. The van der Waals surface area contributed by atoms with E-state index in [-0.39, 0.29) is 12.5 Å². The monoisotopic (exact) mass is 528 g/mol. The van der Waals surface area contributed by atoms with Crippen LogP contribution in [0, 0.1) is 0 Å². The maximum absolute atomic E-state index is 13.7. The Morgan fingerprint density at radius 1 is 0.973 bits per heavy atom. The van der Waals surface area contributed by atoms with Crippen LogP contribution >= 0.6 is 22.9 Å². The minimum Gasteiger partial charge on any atom is -0.485 e. The average molecular weight is 529 g/mol. The quantitative estimate of drug-likeness (QED) is 0.354. The van der Waals surface area contributed by atoms with E-state index >= 15 is 0 Å². The van der Waals surface area contributed by atoms with E-state index in [1.165, 1.54) is 4.52 Å². The number of halogens is 1. The lowest BCUT2D eigenvalue weighted by Crippen LogP contribution is -2.32. The van der Waals surface area contributed by atoms with Crippen LogP contribution in [0.3, 0.4) is 0 Å². The number of benzene rings is 3. The van der Waals surface area contributed by atoms with Gasteiger partial charge in [-0.3, -0.25) is 9.59 Å². The average Bonchev–Trinajstić information content (AvgIpc) is 3.56. The lowest BCUT2D eigenvalue weighted by molar-refractivity contribution is -0.113. The molecule has 3 aromatic carbocycles. The van der Waals surface area contributed by atoms with Crippen molar-refractivity contribution in [2.75, 3.05) is 11.5 Å². The standard InChI is InChI=1S/C27H17ClN4O4S/c28-17-9-3-1-7-15(17)13-31-18-10-4-2-8-16(18)22(25(31)33)23-26(34)32-27(37-23)29-24(30-32)21-14-35-19-11-5-6-12-20(19)36-21/h1-12,21H,13-14H2. The zero-order valence-electron chi connectivity index (χ0n) is 19.1. The maximum Gasteiger partial charge on any atom is 0.291 e. The summed E-state index contributed by atoms with van der Waals surface area (Å²) in [5.74, 6) is 1.35. The summed E-state index contributed by atoms with van der Waals surface area (Å²) in [6, 6.07) is 22.2. The summed E-state index contributed by atoms with van der Waals surface area (Å²) in [6.45, 7) is 0.523. The number of rotatable bonds is 3. The molecule has 37 heavy (non-hydrogen) atoms. The number of para-hydroxylation sites is 3. The third-order valence-corrected chi connectivity index (χ3v) is 7.81. The number of amides is 1. The second-order valence-electron chi connectivity index (χ2n) is 8.64. The molecule has 182 valence electrons. The molecule has 0 saturated heterocycles. The van der Waals surface area contributed by atoms with E-state index in [0.29, 0.717) is 49.5 Å². The molecule has 7 rings (SSSR count). The molecule has 2 aliphatic rings. The lowest BCUT2D eigenvalue weighted by Gasteiger charge is -2.24. The van der Waals surface area contributed by atoms with Gasteiger partial charge in [-0.1, -0.05) is 71.5 Å². The largest absolute Gasteiger partial charge is 0.485 e. The van der Waals surface area contributed by atoms with Gasteiger partial charge in [-0.05, 0) is 29.8 Å². The van der Waals surface area contributed by atoms with Gasteiger partial charge in [0.2, 0.25) is 4.96 Å². The van der Waals surface area contributed by atoms with Gasteiger partial charge in [0.05, 0.1) is 17.8 Å². The molecule has 0 spiro atoms. The van der Waals surface area contributed by atoms with Gasteiger partial charge < -0.3 is 14.4 Å². The number of carbonyl (C=O) groups excluding carboxylic acids is 1. The molecule has 0 aliphatic carbocycles. The molecule has 1 unspecified atom stereocenters. The van der Waals surface area contributed by atoms with Gasteiger partial charge in [0.25, 0.3) is 11.5 Å². The summed E-state index contributed by atoms with van der Waals surface area (Å²) < 4.78 is 13.3. The smallest absolute Gasteiger partial charge is 0.291 e. The summed E-state index contributed by atoms with van der Waals surface area (Å²) >= 11 is 7.51. The topological polar surface area (TPSA) is 86.0 Å². The Labute approximate surface area is 219 Å². The predicted molar refractivity (Wildman–Crippen MR) is 139 cm³/mol. The van der Waals surface area contributed by atoms with E-state index in [9.17, 15) is 9.59 Å². The van der Waals surface area contributed by atoms with Gasteiger partial charge in [0.15, 0.2) is 23.4 Å². The number of carbonyl (C=O) groups is 1. The van der Waals surface area contributed by atoms with Crippen LogP contribution in [-0.4, -0.2) is 27.1 Å². The highest BCUT2D eigenvalue weighted by molar-refractivity contribution is 7.15. The minimum atomic E-state index is -0.544. The van der Waals surface area contributed by atoms with Crippen LogP contribution in [0.5, 0.6) is 11.5 Å². The van der Waals surface area contributed by atoms with Crippen LogP contribution in [0.1, 0.15) is 23.1 Å². The summed E-state index contributed by atoms with van der Waals surface area (Å²) in [4.78, 5) is 33.7. The fourth-order valence-corrected chi connectivity index (χ4v) is 5.84. The lowest BCUT2D eigenvalue weighted by atomic mass is 10.1. The summed E-state index contributed by atoms with van der Waals surface area (Å²) in [5, 5.41) is 5.00. The third-order valence-electron chi connectivity index (χ3n) is 6.41. The second-order valence-corrected chi connectivity index (χ2v) is 10.0. The molecule has 10 heteroatoms. The van der Waals surface area contributed by atoms with Crippen LogP contribution in [0.15, 0.2) is 77.6 Å². The molecule has 0 radical (unpaired) electrons. The van der Waals surface area contributed by atoms with E-state index < -0.39 is 11.7 Å². The van der Waals surface area contributed by atoms with E-state index in [1.54, 1.807) is 11.0 Å². The Balaban J connectivity index is 1.30. The first-order valence-corrected chi connectivity index (χ1v) is 12.7. The van der Waals surface area contributed by atoms with E-state index in [2.05, 4.69) is 10.1 Å². The van der Waals surface area contributed by atoms with Crippen LogP contribution in [0.4, 0.5) is 5.69 Å². The fraction of sp³-hybridized carbons (Fsp3) is 0.111. The number of fused-ring (bicyclic) bond motifs is 3. The van der Waals surface area contributed by atoms with Crippen LogP contribution in [0.25, 0.3) is 10.5 Å². The fourth-order valence-electron chi connectivity index (χ4n) is 4.64. The molecule has 0 bridgehead atoms. The van der Waals surface area contributed by atoms with Crippen molar-refractivity contribution >= 4 is 45.1 Å². The highest BCUT2D eigenvalue weighted by atomic mass is 35.5. The number of nitrogens with zero attached hydrogens (tertiary/aromatic N) is 4. The van der Waals surface area contributed by atoms with Gasteiger partial charge in [-0.25, -0.2) is 0 Å². The molecule has 1 amide bonds. The molecule has 8 nitrogen and oxygen atoms in total. The Bertz CT molecular complexity index is 1830. The summed E-state index contributed by atoms with van der Waals surface area (Å²) in [5.41, 5.74) is 2.20. The van der Waals surface area contributed by atoms with Crippen molar-refractivity contribution in [1.29, 1.82) is 0 Å². The van der Waals surface area contributed by atoms with Crippen molar-refractivity contribution in [3.8, 4) is 11.5 Å². The third kappa shape index (κ3) is 3.50. The van der Waals surface area contributed by atoms with Gasteiger partial charge in [0.1, 0.15) is 11.1 Å². The van der Waals surface area contributed by atoms with Gasteiger partial charge >= 0.3 is 0 Å². The molecule has 0 saturated carbocycles. The Hall–Kier alpha value is -4.21. The van der Waals surface area contributed by atoms with Crippen LogP contribution < -0.4 is 24.5 Å². The number of thiazole rings is 1. The van der Waals surface area contributed by atoms with E-state index in [0.717, 1.165) is 22.6 Å². The molecule has 4 heterocycles. The SMILES string of the molecule is O=C1C(=c2sc3nc(C4COc5ccccc5O4)nn3c2=O)c2ccccc2N1Cc1ccccc1Cl. The molecule has 5 aromatic rings. The molecule has 2 aromatic heterocycles. The Kier molecular flexibility index (Phi) is 5.02. The van der Waals surface area contributed by atoms with E-state index in [4.69, 9.17) is 21.1 Å². The highest BCUT2D eigenvalue weighted by Crippen LogP contribution is 2.37. The molecular formula is C27H17ClN4O4S. The molecule has 1 atom stereocenters. The number of hydrogen-bond donors (Lipinski definition) is 0. The Morgan fingerprint density at radius 2 is 1.73 bits per heavy atom. The van der Waals surface area contributed by atoms with Crippen molar-refractivity contribution in [2.24, 2.45) is 0 Å². The Morgan fingerprint density at radius 3 is 2.57 bits per heavy atom. The van der Waals surface area contributed by atoms with Crippen molar-refractivity contribution in [3.63, 3.8) is 0 Å². The number of ether oxygens (including phenoxy) is 2. The first kappa shape index (κ1) is 22.0. The predicted octanol–water partition coefficient (Wildman–Crippen LogP) is 3.78. The number of hydrogen-bond acceptors (Lipinski definition) is 7. The maximum atomic E-state index is 13.7. The molecule has 0 fully saturated rings. The van der Waals surface area contributed by atoms with Crippen molar-refractivity contribution in [1.82, 2.24) is 14.6 Å². The van der Waals surface area contributed by atoms with E-state index in [1.807, 2.05) is 66.7 Å². The van der Waals surface area contributed by atoms with Crippen LogP contribution in [-0.2, 0) is 11.3 Å². The first-order valence-electron chi connectivity index (χ1n) is 11.6. The summed E-state index contributed by atoms with van der Waals surface area (Å²) in [7, 11) is 0. The molecular weight excluding hydrogens is 512 g/mol. The number of aromatic nitrogens is 3. The van der Waals surface area contributed by atoms with Crippen molar-refractivity contribution in [3.05, 3.63) is 110 Å². The number of anilines is 1. The normalized spacial score (nSPS) is 17.9. The highest BCUT2D eigenvalue weighted by Gasteiger charge is 2.35. The zero-order chi connectivity index (χ0) is 25.1. The zero-order valence-corrected chi connectivity index (χ0v) is 20.7. The van der Waals surface area contributed by atoms with Crippen LogP contribution in [0.2, 0.25) is 5.02 Å². The van der Waals surface area contributed by atoms with Crippen molar-refractivity contribution < 1.29 is 14.3 Å². The molecule has 0 N–H and O–H groups in total. The van der Waals surface area contributed by atoms with Gasteiger partial charge in [0, 0.05) is 10.6 Å². The second kappa shape index (κ2) is 8.43.